The third-order valence-corrected chi connectivity index (χ3v) is 4.10. The van der Waals surface area contributed by atoms with Crippen LogP contribution in [0.4, 0.5) is 0 Å². The molecule has 0 aliphatic rings. The number of unbranched alkanes of at least 4 members (excludes halogenated alkanes) is 4. The zero-order valence-corrected chi connectivity index (χ0v) is 13.4. The van der Waals surface area contributed by atoms with Crippen LogP contribution in [-0.2, 0) is 9.09 Å². The zero-order chi connectivity index (χ0) is 15.2. The number of quaternary nitrogens is 1. The van der Waals surface area contributed by atoms with E-state index in [-0.39, 0.29) is 11.1 Å². The summed E-state index contributed by atoms with van der Waals surface area (Å²) in [7, 11) is -0.870. The molecule has 0 aromatic heterocycles. The zero-order valence-electron chi connectivity index (χ0n) is 12.5. The third-order valence-electron chi connectivity index (χ3n) is 3.63. The van der Waals surface area contributed by atoms with Gasteiger partial charge < -0.3 is 14.9 Å². The maximum atomic E-state index is 10.7. The second-order valence-corrected chi connectivity index (χ2v) is 7.04. The van der Waals surface area contributed by atoms with Gasteiger partial charge in [0.1, 0.15) is 6.61 Å². The molecular weight excluding hydrogens is 269 g/mol. The van der Waals surface area contributed by atoms with E-state index in [0.717, 1.165) is 19.4 Å². The molecule has 3 N–H and O–H groups in total. The number of hydrogen-bond acceptors (Lipinski definition) is 3. The molecule has 0 aromatic rings. The fraction of sp³-hybridized carbons (Fsp3) is 1.00. The second-order valence-electron chi connectivity index (χ2n) is 5.80. The molecule has 0 bridgehead atoms. The molecule has 0 amide bonds. The fourth-order valence-electron chi connectivity index (χ4n) is 1.73. The average molecular weight is 298 g/mol. The third kappa shape index (κ3) is 8.02. The van der Waals surface area contributed by atoms with Crippen LogP contribution in [0.15, 0.2) is 0 Å². The highest BCUT2D eigenvalue weighted by Crippen LogP contribution is 2.37. The minimum atomic E-state index is -4.54. The highest BCUT2D eigenvalue weighted by molar-refractivity contribution is 7.46. The summed E-state index contributed by atoms with van der Waals surface area (Å²) >= 11 is 0. The van der Waals surface area contributed by atoms with Crippen molar-refractivity contribution in [3.05, 3.63) is 0 Å². The molecule has 0 heterocycles. The molecule has 7 heteroatoms. The van der Waals surface area contributed by atoms with Crippen molar-refractivity contribution in [3.63, 3.8) is 0 Å². The van der Waals surface area contributed by atoms with E-state index in [1.165, 1.54) is 26.2 Å². The van der Waals surface area contributed by atoms with Gasteiger partial charge in [0.15, 0.2) is 0 Å². The van der Waals surface area contributed by atoms with Crippen LogP contribution in [-0.4, -0.2) is 52.3 Å². The van der Waals surface area contributed by atoms with Gasteiger partial charge >= 0.3 is 7.82 Å². The molecule has 0 saturated carbocycles. The van der Waals surface area contributed by atoms with Gasteiger partial charge in [0.25, 0.3) is 0 Å². The number of phosphoric acid groups is 1. The Kier molecular flexibility index (Phi) is 7.73. The second kappa shape index (κ2) is 7.72. The van der Waals surface area contributed by atoms with Crippen LogP contribution in [0, 0.1) is 0 Å². The van der Waals surface area contributed by atoms with Crippen molar-refractivity contribution in [1.29, 1.82) is 0 Å². The maximum Gasteiger partial charge on any atom is 0.469 e. The predicted molar refractivity (Wildman–Crippen MR) is 74.4 cm³/mol. The first-order valence-electron chi connectivity index (χ1n) is 6.77. The van der Waals surface area contributed by atoms with Crippen molar-refractivity contribution < 1.29 is 28.5 Å². The molecule has 0 spiro atoms. The summed E-state index contributed by atoms with van der Waals surface area (Å²) in [4.78, 5) is 17.4. The van der Waals surface area contributed by atoms with Gasteiger partial charge in [0.05, 0.1) is 20.6 Å². The van der Waals surface area contributed by atoms with E-state index in [4.69, 9.17) is 9.79 Å². The number of nitrogens with zero attached hydrogens (tertiary/aromatic N) is 1. The molecule has 6 nitrogen and oxygen atoms in total. The largest absolute Gasteiger partial charge is 0.469 e. The lowest BCUT2D eigenvalue weighted by Crippen LogP contribution is -2.60. The lowest BCUT2D eigenvalue weighted by molar-refractivity contribution is -0.965. The van der Waals surface area contributed by atoms with Crippen molar-refractivity contribution in [3.8, 4) is 0 Å². The first-order valence-corrected chi connectivity index (χ1v) is 8.30. The van der Waals surface area contributed by atoms with Crippen LogP contribution in [0.5, 0.6) is 0 Å². The lowest BCUT2D eigenvalue weighted by Gasteiger charge is -2.42. The van der Waals surface area contributed by atoms with E-state index in [2.05, 4.69) is 11.4 Å². The molecule has 0 aliphatic carbocycles. The quantitative estimate of drug-likeness (QED) is 0.248. The van der Waals surface area contributed by atoms with Gasteiger partial charge in [-0.25, -0.2) is 4.57 Å². The molecule has 0 fully saturated rings. The highest BCUT2D eigenvalue weighted by atomic mass is 31.2. The minimum absolute atomic E-state index is 0.249. The van der Waals surface area contributed by atoms with Gasteiger partial charge in [-0.2, -0.15) is 0 Å². The number of likely N-dealkylation sites (N-methyl/N-ethyl adjacent to an activating group) is 1. The minimum Gasteiger partial charge on any atom is -0.341 e. The van der Waals surface area contributed by atoms with Crippen LogP contribution < -0.4 is 0 Å². The summed E-state index contributed by atoms with van der Waals surface area (Å²) < 4.78 is 15.4. The van der Waals surface area contributed by atoms with Crippen molar-refractivity contribution in [1.82, 2.24) is 0 Å². The SMILES string of the molecule is CCCCCCC[N+](C)(C)C(C)(O)COP(=O)(O)O. The van der Waals surface area contributed by atoms with Crippen molar-refractivity contribution in [2.45, 2.75) is 51.7 Å². The molecule has 0 saturated heterocycles. The van der Waals surface area contributed by atoms with Crippen molar-refractivity contribution in [2.24, 2.45) is 0 Å². The Morgan fingerprint density at radius 2 is 1.68 bits per heavy atom. The standard InChI is InChI=1S/C12H28NO5P/c1-5-6-7-8-9-10-13(3,4)12(2,14)11-18-19(15,16)17/h14H,5-11H2,1-4H3,(H-,15,16,17)/p+1. The van der Waals surface area contributed by atoms with Gasteiger partial charge in [-0.1, -0.05) is 26.2 Å². The normalized spacial score (nSPS) is 16.4. The molecular formula is C12H29NO5P+. The summed E-state index contributed by atoms with van der Waals surface area (Å²) in [6.45, 7) is 4.04. The summed E-state index contributed by atoms with van der Waals surface area (Å²) in [6.07, 6.45) is 5.65. The van der Waals surface area contributed by atoms with Crippen LogP contribution in [0.25, 0.3) is 0 Å². The topological polar surface area (TPSA) is 87.0 Å². The Labute approximate surface area is 116 Å². The summed E-state index contributed by atoms with van der Waals surface area (Å²) in [6, 6.07) is 0. The van der Waals surface area contributed by atoms with E-state index >= 15 is 0 Å². The van der Waals surface area contributed by atoms with Crippen LogP contribution in [0.2, 0.25) is 0 Å². The van der Waals surface area contributed by atoms with Gasteiger partial charge in [-0.3, -0.25) is 9.01 Å². The van der Waals surface area contributed by atoms with Gasteiger partial charge in [-0.15, -0.1) is 0 Å². The highest BCUT2D eigenvalue weighted by Gasteiger charge is 2.40. The summed E-state index contributed by atoms with van der Waals surface area (Å²) in [5.41, 5.74) is -1.33. The number of aliphatic hydroxyl groups is 1. The fourth-order valence-corrected chi connectivity index (χ4v) is 2.15. The van der Waals surface area contributed by atoms with E-state index in [1.807, 2.05) is 14.1 Å². The van der Waals surface area contributed by atoms with E-state index in [9.17, 15) is 9.67 Å². The Hall–Kier alpha value is 0.0300. The van der Waals surface area contributed by atoms with Crippen LogP contribution >= 0.6 is 7.82 Å². The monoisotopic (exact) mass is 298 g/mol. The number of hydrogen-bond donors (Lipinski definition) is 3. The van der Waals surface area contributed by atoms with E-state index in [1.54, 1.807) is 0 Å². The van der Waals surface area contributed by atoms with Crippen molar-refractivity contribution >= 4 is 7.82 Å². The molecule has 1 unspecified atom stereocenters. The smallest absolute Gasteiger partial charge is 0.341 e. The summed E-state index contributed by atoms with van der Waals surface area (Å²) in [5.74, 6) is 0. The first kappa shape index (κ1) is 19.0. The Bertz CT molecular complexity index is 300. The molecule has 0 radical (unpaired) electrons. The molecule has 0 aromatic carbocycles. The van der Waals surface area contributed by atoms with Crippen LogP contribution in [0.1, 0.15) is 46.0 Å². The Balaban J connectivity index is 4.23. The summed E-state index contributed by atoms with van der Waals surface area (Å²) in [5, 5.41) is 10.3. The molecule has 0 aliphatic heterocycles. The van der Waals surface area contributed by atoms with E-state index in [0.29, 0.717) is 0 Å². The first-order chi connectivity index (χ1) is 8.52. The molecule has 19 heavy (non-hydrogen) atoms. The average Bonchev–Trinajstić information content (AvgIpc) is 2.25. The Morgan fingerprint density at radius 3 is 2.16 bits per heavy atom. The predicted octanol–water partition coefficient (Wildman–Crippen LogP) is 1.85. The number of phosphoric ester groups is 1. The van der Waals surface area contributed by atoms with Crippen molar-refractivity contribution in [2.75, 3.05) is 27.2 Å². The number of rotatable bonds is 10. The molecule has 0 rings (SSSR count). The lowest BCUT2D eigenvalue weighted by atomic mass is 10.1. The van der Waals surface area contributed by atoms with Gasteiger partial charge in [-0.05, 0) is 12.8 Å². The van der Waals surface area contributed by atoms with Gasteiger partial charge in [0, 0.05) is 6.92 Å². The molecule has 116 valence electrons. The van der Waals surface area contributed by atoms with E-state index < -0.39 is 13.5 Å². The van der Waals surface area contributed by atoms with Crippen LogP contribution in [0.3, 0.4) is 0 Å². The van der Waals surface area contributed by atoms with Gasteiger partial charge in [0.2, 0.25) is 5.72 Å². The Morgan fingerprint density at radius 1 is 1.16 bits per heavy atom. The maximum absolute atomic E-state index is 10.7. The molecule has 1 atom stereocenters.